The molecule has 0 radical (unpaired) electrons. The van der Waals surface area contributed by atoms with Crippen LogP contribution < -0.4 is 10.0 Å². The molecule has 1 heterocycles. The Kier molecular flexibility index (Phi) is 5.88. The van der Waals surface area contributed by atoms with Crippen molar-refractivity contribution in [1.82, 2.24) is 20.2 Å². The van der Waals surface area contributed by atoms with Crippen molar-refractivity contribution in [2.24, 2.45) is 0 Å². The van der Waals surface area contributed by atoms with E-state index in [-0.39, 0.29) is 21.9 Å². The van der Waals surface area contributed by atoms with Crippen molar-refractivity contribution in [1.29, 1.82) is 0 Å². The first-order chi connectivity index (χ1) is 11.5. The largest absolute Gasteiger partial charge is 0.334 e. The van der Waals surface area contributed by atoms with Gasteiger partial charge in [0.25, 0.3) is 5.89 Å². The first kappa shape index (κ1) is 19.8. The number of halogens is 1. The van der Waals surface area contributed by atoms with Gasteiger partial charge >= 0.3 is 0 Å². The lowest BCUT2D eigenvalue weighted by Crippen LogP contribution is -2.40. The highest BCUT2D eigenvalue weighted by Gasteiger charge is 2.25. The van der Waals surface area contributed by atoms with Crippen molar-refractivity contribution in [2.75, 3.05) is 7.05 Å². The van der Waals surface area contributed by atoms with Crippen molar-refractivity contribution < 1.29 is 12.9 Å². The number of nitrogens with zero attached hydrogens (tertiary/aromatic N) is 2. The minimum atomic E-state index is -3.78. The van der Waals surface area contributed by atoms with E-state index in [9.17, 15) is 8.42 Å². The number of rotatable bonds is 6. The topological polar surface area (TPSA) is 97.1 Å². The maximum absolute atomic E-state index is 12.6. The first-order valence-electron chi connectivity index (χ1n) is 7.85. The number of hydrogen-bond donors (Lipinski definition) is 2. The second kappa shape index (κ2) is 7.41. The fourth-order valence-corrected chi connectivity index (χ4v) is 4.08. The third-order valence-electron chi connectivity index (χ3n) is 3.36. The van der Waals surface area contributed by atoms with Gasteiger partial charge in [-0.15, -0.1) is 0 Å². The molecule has 7 nitrogen and oxygen atoms in total. The van der Waals surface area contributed by atoms with Crippen LogP contribution in [0.5, 0.6) is 0 Å². The Labute approximate surface area is 153 Å². The lowest BCUT2D eigenvalue weighted by atomic mass is 10.1. The van der Waals surface area contributed by atoms with Crippen LogP contribution in [0, 0.1) is 0 Å². The Morgan fingerprint density at radius 2 is 2.00 bits per heavy atom. The Balaban J connectivity index is 2.36. The molecule has 1 atom stereocenters. The van der Waals surface area contributed by atoms with Crippen LogP contribution >= 0.6 is 11.6 Å². The van der Waals surface area contributed by atoms with E-state index in [4.69, 9.17) is 16.1 Å². The highest BCUT2D eigenvalue weighted by atomic mass is 35.5. The van der Waals surface area contributed by atoms with Crippen molar-refractivity contribution in [3.8, 4) is 11.5 Å². The third kappa shape index (κ3) is 5.24. The van der Waals surface area contributed by atoms with Crippen molar-refractivity contribution in [2.45, 2.75) is 50.6 Å². The monoisotopic (exact) mass is 386 g/mol. The van der Waals surface area contributed by atoms with Crippen LogP contribution in [0.4, 0.5) is 0 Å². The van der Waals surface area contributed by atoms with E-state index in [1.807, 2.05) is 14.0 Å². The molecule has 25 heavy (non-hydrogen) atoms. The summed E-state index contributed by atoms with van der Waals surface area (Å²) in [4.78, 5) is 4.30. The summed E-state index contributed by atoms with van der Waals surface area (Å²) in [6, 6.07) is 4.79. The van der Waals surface area contributed by atoms with Gasteiger partial charge in [0.15, 0.2) is 5.82 Å². The van der Waals surface area contributed by atoms with Crippen LogP contribution in [0.15, 0.2) is 27.6 Å². The summed E-state index contributed by atoms with van der Waals surface area (Å²) in [6.07, 6.45) is 0.602. The van der Waals surface area contributed by atoms with Crippen LogP contribution in [-0.4, -0.2) is 37.2 Å². The summed E-state index contributed by atoms with van der Waals surface area (Å²) in [7, 11) is -1.93. The zero-order valence-electron chi connectivity index (χ0n) is 14.9. The standard InChI is InChI=1S/C16H23ClN4O3S/c1-10(18-5)8-14-19-15(24-20-14)11-6-7-12(17)13(9-11)25(22,23)21-16(2,3)4/h6-7,9-10,18,21H,8H2,1-5H3. The van der Waals surface area contributed by atoms with E-state index in [1.54, 1.807) is 26.8 Å². The van der Waals surface area contributed by atoms with Crippen molar-refractivity contribution >= 4 is 21.6 Å². The molecule has 9 heteroatoms. The quantitative estimate of drug-likeness (QED) is 0.792. The SMILES string of the molecule is CNC(C)Cc1noc(-c2ccc(Cl)c(S(=O)(=O)NC(C)(C)C)c2)n1. The summed E-state index contributed by atoms with van der Waals surface area (Å²) in [5, 5.41) is 7.15. The molecule has 1 aromatic carbocycles. The average molecular weight is 387 g/mol. The number of aromatic nitrogens is 2. The van der Waals surface area contributed by atoms with Crippen molar-refractivity contribution in [3.63, 3.8) is 0 Å². The number of likely N-dealkylation sites (N-methyl/N-ethyl adjacent to an activating group) is 1. The number of hydrogen-bond acceptors (Lipinski definition) is 6. The van der Waals surface area contributed by atoms with E-state index in [0.717, 1.165) is 0 Å². The van der Waals surface area contributed by atoms with Gasteiger partial charge in [0.2, 0.25) is 10.0 Å². The van der Waals surface area contributed by atoms with E-state index in [0.29, 0.717) is 17.8 Å². The fraction of sp³-hybridized carbons (Fsp3) is 0.500. The Morgan fingerprint density at radius 3 is 2.60 bits per heavy atom. The summed E-state index contributed by atoms with van der Waals surface area (Å²) in [5.41, 5.74) is -0.131. The zero-order chi connectivity index (χ0) is 18.8. The second-order valence-electron chi connectivity index (χ2n) is 6.91. The molecule has 0 bridgehead atoms. The molecule has 0 fully saturated rings. The third-order valence-corrected chi connectivity index (χ3v) is 5.60. The summed E-state index contributed by atoms with van der Waals surface area (Å²) in [5.74, 6) is 0.797. The zero-order valence-corrected chi connectivity index (χ0v) is 16.5. The second-order valence-corrected chi connectivity index (χ2v) is 8.97. The molecule has 2 rings (SSSR count). The summed E-state index contributed by atoms with van der Waals surface area (Å²) >= 11 is 6.10. The number of benzene rings is 1. The molecule has 0 saturated carbocycles. The molecule has 0 spiro atoms. The molecular formula is C16H23ClN4O3S. The van der Waals surface area contributed by atoms with Gasteiger partial charge < -0.3 is 9.84 Å². The predicted molar refractivity (Wildman–Crippen MR) is 97.0 cm³/mol. The summed E-state index contributed by atoms with van der Waals surface area (Å²) < 4.78 is 33.0. The molecule has 1 aromatic heterocycles. The smallest absolute Gasteiger partial charge is 0.257 e. The average Bonchev–Trinajstić information content (AvgIpc) is 2.93. The lowest BCUT2D eigenvalue weighted by molar-refractivity contribution is 0.418. The molecule has 0 aliphatic heterocycles. The number of sulfonamides is 1. The normalized spacial score (nSPS) is 13.8. The molecule has 0 saturated heterocycles. The molecule has 0 aliphatic carbocycles. The van der Waals surface area contributed by atoms with Gasteiger partial charge in [-0.3, -0.25) is 0 Å². The lowest BCUT2D eigenvalue weighted by Gasteiger charge is -2.20. The minimum Gasteiger partial charge on any atom is -0.334 e. The van der Waals surface area contributed by atoms with Crippen LogP contribution in [0.3, 0.4) is 0 Å². The van der Waals surface area contributed by atoms with Gasteiger partial charge in [0, 0.05) is 23.6 Å². The van der Waals surface area contributed by atoms with E-state index in [1.165, 1.54) is 12.1 Å². The highest BCUT2D eigenvalue weighted by Crippen LogP contribution is 2.28. The Bertz CT molecular complexity index is 843. The van der Waals surface area contributed by atoms with Gasteiger partial charge in [-0.2, -0.15) is 4.98 Å². The van der Waals surface area contributed by atoms with Gasteiger partial charge in [0.05, 0.1) is 5.02 Å². The highest BCUT2D eigenvalue weighted by molar-refractivity contribution is 7.89. The van der Waals surface area contributed by atoms with Gasteiger partial charge in [-0.05, 0) is 52.9 Å². The van der Waals surface area contributed by atoms with Crippen LogP contribution in [0.1, 0.15) is 33.5 Å². The van der Waals surface area contributed by atoms with E-state index >= 15 is 0 Å². The maximum Gasteiger partial charge on any atom is 0.257 e. The Morgan fingerprint density at radius 1 is 1.32 bits per heavy atom. The van der Waals surface area contributed by atoms with Crippen LogP contribution in [0.25, 0.3) is 11.5 Å². The molecule has 0 amide bonds. The molecule has 0 aliphatic rings. The molecule has 2 N–H and O–H groups in total. The Hall–Kier alpha value is -1.48. The van der Waals surface area contributed by atoms with Crippen molar-refractivity contribution in [3.05, 3.63) is 29.0 Å². The fourth-order valence-electron chi connectivity index (χ4n) is 2.13. The summed E-state index contributed by atoms with van der Waals surface area (Å²) in [6.45, 7) is 7.28. The predicted octanol–water partition coefficient (Wildman–Crippen LogP) is 2.62. The van der Waals surface area contributed by atoms with Gasteiger partial charge in [0.1, 0.15) is 4.90 Å². The maximum atomic E-state index is 12.6. The van der Waals surface area contributed by atoms with Gasteiger partial charge in [-0.1, -0.05) is 16.8 Å². The minimum absolute atomic E-state index is 0.0232. The first-order valence-corrected chi connectivity index (χ1v) is 9.72. The molecule has 138 valence electrons. The molecule has 1 unspecified atom stereocenters. The van der Waals surface area contributed by atoms with Crippen LogP contribution in [-0.2, 0) is 16.4 Å². The van der Waals surface area contributed by atoms with E-state index < -0.39 is 15.6 Å². The van der Waals surface area contributed by atoms with E-state index in [2.05, 4.69) is 20.2 Å². The molecule has 2 aromatic rings. The van der Waals surface area contributed by atoms with Gasteiger partial charge in [-0.25, -0.2) is 13.1 Å². The van der Waals surface area contributed by atoms with Crippen LogP contribution in [0.2, 0.25) is 5.02 Å². The number of nitrogens with one attached hydrogen (secondary N) is 2. The molecular weight excluding hydrogens is 364 g/mol.